The molecule has 1 aliphatic heterocycles. The number of amides is 2. The van der Waals surface area contributed by atoms with Gasteiger partial charge in [-0.05, 0) is 55.0 Å². The molecule has 0 aromatic heterocycles. The van der Waals surface area contributed by atoms with Gasteiger partial charge in [-0.25, -0.2) is 9.69 Å². The quantitative estimate of drug-likeness (QED) is 0.417. The maximum Gasteiger partial charge on any atom is 0.417 e. The summed E-state index contributed by atoms with van der Waals surface area (Å²) in [6, 6.07) is 25.6. The van der Waals surface area contributed by atoms with E-state index in [0.29, 0.717) is 0 Å². The van der Waals surface area contributed by atoms with Gasteiger partial charge in [0, 0.05) is 0 Å². The predicted octanol–water partition coefficient (Wildman–Crippen LogP) is 6.32. The van der Waals surface area contributed by atoms with Crippen LogP contribution in [0.4, 0.5) is 4.79 Å². The molecule has 0 aliphatic carbocycles. The summed E-state index contributed by atoms with van der Waals surface area (Å²) in [5.74, 6) is -0.405. The summed E-state index contributed by atoms with van der Waals surface area (Å²) in [5.41, 5.74) is 4.57. The van der Waals surface area contributed by atoms with E-state index in [9.17, 15) is 9.59 Å². The maximum absolute atomic E-state index is 13.2. The summed E-state index contributed by atoms with van der Waals surface area (Å²) in [7, 11) is 0. The van der Waals surface area contributed by atoms with Gasteiger partial charge in [0.25, 0.3) is 5.91 Å². The van der Waals surface area contributed by atoms with E-state index < -0.39 is 29.7 Å². The van der Waals surface area contributed by atoms with E-state index >= 15 is 0 Å². The van der Waals surface area contributed by atoms with E-state index in [0.717, 1.165) is 28.7 Å². The highest BCUT2D eigenvalue weighted by Gasteiger charge is 2.52. The van der Waals surface area contributed by atoms with Crippen LogP contribution in [0, 0.1) is 0 Å². The van der Waals surface area contributed by atoms with Gasteiger partial charge in [0.05, 0.1) is 6.61 Å². The van der Waals surface area contributed by atoms with E-state index in [1.807, 2.05) is 56.3 Å². The second kappa shape index (κ2) is 9.82. The van der Waals surface area contributed by atoms with Crippen molar-refractivity contribution < 1.29 is 19.1 Å². The normalized spacial score (nSPS) is 17.9. The molecule has 176 valence electrons. The Bertz CT molecular complexity index is 1140. The SMILES string of the molecule is CCc1ccc(-c2ccc(COC(C)C(=O)N3C(=O)OC(C)(C)[C@@H]3c3ccccc3)cc2)cc1. The van der Waals surface area contributed by atoms with Crippen molar-refractivity contribution in [2.75, 3.05) is 0 Å². The summed E-state index contributed by atoms with van der Waals surface area (Å²) in [5, 5.41) is 0. The number of cyclic esters (lactones) is 1. The summed E-state index contributed by atoms with van der Waals surface area (Å²) < 4.78 is 11.4. The Balaban J connectivity index is 1.42. The van der Waals surface area contributed by atoms with Gasteiger partial charge in [0.15, 0.2) is 0 Å². The lowest BCUT2D eigenvalue weighted by Gasteiger charge is -2.29. The third kappa shape index (κ3) is 4.90. The second-order valence-electron chi connectivity index (χ2n) is 9.19. The molecule has 1 unspecified atom stereocenters. The summed E-state index contributed by atoms with van der Waals surface area (Å²) in [6.07, 6.45) is -0.418. The van der Waals surface area contributed by atoms with E-state index in [1.54, 1.807) is 6.92 Å². The average Bonchev–Trinajstić information content (AvgIpc) is 3.10. The summed E-state index contributed by atoms with van der Waals surface area (Å²) in [4.78, 5) is 27.1. The molecule has 4 rings (SSSR count). The van der Waals surface area contributed by atoms with Crippen LogP contribution in [-0.4, -0.2) is 28.6 Å². The van der Waals surface area contributed by atoms with Crippen LogP contribution in [-0.2, 0) is 27.3 Å². The number of imide groups is 1. The molecule has 0 saturated carbocycles. The molecule has 2 amide bonds. The van der Waals surface area contributed by atoms with Gasteiger partial charge < -0.3 is 9.47 Å². The Labute approximate surface area is 201 Å². The van der Waals surface area contributed by atoms with Crippen LogP contribution in [0.25, 0.3) is 11.1 Å². The molecule has 3 aromatic carbocycles. The molecular weight excluding hydrogens is 426 g/mol. The van der Waals surface area contributed by atoms with Gasteiger partial charge in [0.2, 0.25) is 0 Å². The molecule has 1 aliphatic rings. The van der Waals surface area contributed by atoms with E-state index in [1.165, 1.54) is 10.5 Å². The van der Waals surface area contributed by atoms with Crippen molar-refractivity contribution in [3.05, 3.63) is 95.6 Å². The highest BCUT2D eigenvalue weighted by Crippen LogP contribution is 2.41. The van der Waals surface area contributed by atoms with Gasteiger partial charge in [-0.15, -0.1) is 0 Å². The van der Waals surface area contributed by atoms with Crippen molar-refractivity contribution in [1.29, 1.82) is 0 Å². The fourth-order valence-electron chi connectivity index (χ4n) is 4.36. The van der Waals surface area contributed by atoms with Crippen molar-refractivity contribution in [1.82, 2.24) is 4.90 Å². The number of hydrogen-bond donors (Lipinski definition) is 0. The van der Waals surface area contributed by atoms with Gasteiger partial charge in [-0.2, -0.15) is 0 Å². The summed E-state index contributed by atoms with van der Waals surface area (Å²) >= 11 is 0. The van der Waals surface area contributed by atoms with Crippen molar-refractivity contribution >= 4 is 12.0 Å². The van der Waals surface area contributed by atoms with Crippen LogP contribution >= 0.6 is 0 Å². The van der Waals surface area contributed by atoms with Crippen LogP contribution in [0.5, 0.6) is 0 Å². The Morgan fingerprint density at radius 3 is 2.06 bits per heavy atom. The minimum atomic E-state index is -0.834. The van der Waals surface area contributed by atoms with E-state index in [2.05, 4.69) is 43.3 Å². The molecule has 3 aromatic rings. The fraction of sp³-hybridized carbons (Fsp3) is 0.310. The first-order chi connectivity index (χ1) is 16.3. The Hall–Kier alpha value is -3.44. The Kier molecular flexibility index (Phi) is 6.85. The molecule has 1 heterocycles. The zero-order chi connectivity index (χ0) is 24.3. The van der Waals surface area contributed by atoms with E-state index in [-0.39, 0.29) is 6.61 Å². The fourth-order valence-corrected chi connectivity index (χ4v) is 4.36. The first-order valence-electron chi connectivity index (χ1n) is 11.7. The zero-order valence-electron chi connectivity index (χ0n) is 20.2. The molecule has 5 nitrogen and oxygen atoms in total. The number of carbonyl (C=O) groups excluding carboxylic acids is 2. The maximum atomic E-state index is 13.2. The number of benzene rings is 3. The molecule has 1 saturated heterocycles. The number of aryl methyl sites for hydroxylation is 1. The van der Waals surface area contributed by atoms with Crippen LogP contribution in [0.3, 0.4) is 0 Å². The van der Waals surface area contributed by atoms with Crippen molar-refractivity contribution in [3.63, 3.8) is 0 Å². The molecule has 0 bridgehead atoms. The standard InChI is InChI=1S/C29H31NO4/c1-5-21-11-15-23(16-12-21)24-17-13-22(14-18-24)19-33-20(2)27(31)30-26(25-9-7-6-8-10-25)29(3,4)34-28(30)32/h6-18,20,26H,5,19H2,1-4H3/t20?,26-/m0/s1. The lowest BCUT2D eigenvalue weighted by Crippen LogP contribution is -2.43. The lowest BCUT2D eigenvalue weighted by atomic mass is 9.91. The third-order valence-electron chi connectivity index (χ3n) is 6.31. The Morgan fingerprint density at radius 1 is 0.941 bits per heavy atom. The minimum absolute atomic E-state index is 0.268. The average molecular weight is 458 g/mol. The number of rotatable bonds is 7. The first-order valence-corrected chi connectivity index (χ1v) is 11.7. The van der Waals surface area contributed by atoms with E-state index in [4.69, 9.17) is 9.47 Å². The zero-order valence-corrected chi connectivity index (χ0v) is 20.2. The van der Waals surface area contributed by atoms with Crippen LogP contribution in [0.2, 0.25) is 0 Å². The van der Waals surface area contributed by atoms with Crippen molar-refractivity contribution in [3.8, 4) is 11.1 Å². The third-order valence-corrected chi connectivity index (χ3v) is 6.31. The molecule has 2 atom stereocenters. The number of ether oxygens (including phenoxy) is 2. The van der Waals surface area contributed by atoms with Gasteiger partial charge in [-0.1, -0.05) is 85.8 Å². The predicted molar refractivity (Wildman–Crippen MR) is 132 cm³/mol. The van der Waals surface area contributed by atoms with Crippen molar-refractivity contribution in [2.24, 2.45) is 0 Å². The smallest absolute Gasteiger partial charge is 0.417 e. The molecule has 0 radical (unpaired) electrons. The Morgan fingerprint density at radius 2 is 1.50 bits per heavy atom. The molecule has 1 fully saturated rings. The lowest BCUT2D eigenvalue weighted by molar-refractivity contribution is -0.141. The molecular formula is C29H31NO4. The molecule has 0 spiro atoms. The highest BCUT2D eigenvalue weighted by atomic mass is 16.6. The molecule has 0 N–H and O–H groups in total. The monoisotopic (exact) mass is 457 g/mol. The molecule has 34 heavy (non-hydrogen) atoms. The minimum Gasteiger partial charge on any atom is -0.440 e. The number of hydrogen-bond acceptors (Lipinski definition) is 4. The van der Waals surface area contributed by atoms with Crippen LogP contribution in [0.15, 0.2) is 78.9 Å². The number of nitrogens with zero attached hydrogens (tertiary/aromatic N) is 1. The van der Waals surface area contributed by atoms with Crippen molar-refractivity contribution in [2.45, 2.75) is 58.5 Å². The molecule has 5 heteroatoms. The topological polar surface area (TPSA) is 55.8 Å². The highest BCUT2D eigenvalue weighted by molar-refractivity contribution is 5.96. The van der Waals surface area contributed by atoms with Gasteiger partial charge >= 0.3 is 6.09 Å². The van der Waals surface area contributed by atoms with Gasteiger partial charge in [-0.3, -0.25) is 4.79 Å². The first kappa shape index (κ1) is 23.7. The largest absolute Gasteiger partial charge is 0.440 e. The van der Waals surface area contributed by atoms with Crippen LogP contribution < -0.4 is 0 Å². The van der Waals surface area contributed by atoms with Gasteiger partial charge in [0.1, 0.15) is 17.7 Å². The second-order valence-corrected chi connectivity index (χ2v) is 9.19. The van der Waals surface area contributed by atoms with Crippen LogP contribution in [0.1, 0.15) is 50.4 Å². The summed E-state index contributed by atoms with van der Waals surface area (Å²) in [6.45, 7) is 7.72. The number of carbonyl (C=O) groups is 2.